The van der Waals surface area contributed by atoms with E-state index in [0.717, 1.165) is 22.6 Å². The highest BCUT2D eigenvalue weighted by molar-refractivity contribution is 7.71. The van der Waals surface area contributed by atoms with Gasteiger partial charge in [0.2, 0.25) is 0 Å². The van der Waals surface area contributed by atoms with E-state index in [2.05, 4.69) is 29.0 Å². The number of rotatable bonds is 2. The molecule has 0 aliphatic carbocycles. The molecule has 0 amide bonds. The lowest BCUT2D eigenvalue weighted by molar-refractivity contribution is 1.16. The number of aromatic amines is 1. The van der Waals surface area contributed by atoms with Gasteiger partial charge in [0.15, 0.2) is 0 Å². The Bertz CT molecular complexity index is 791. The minimum Gasteiger partial charge on any atom is -0.339 e. The minimum absolute atomic E-state index is 0.598. The maximum absolute atomic E-state index is 5.30. The molecule has 0 unspecified atom stereocenters. The molecule has 20 heavy (non-hydrogen) atoms. The highest BCUT2D eigenvalue weighted by Gasteiger charge is 2.05. The summed E-state index contributed by atoms with van der Waals surface area (Å²) in [5.74, 6) is 0.802. The van der Waals surface area contributed by atoms with Gasteiger partial charge in [-0.25, -0.2) is 4.98 Å². The molecule has 0 saturated heterocycles. The highest BCUT2D eigenvalue weighted by atomic mass is 32.1. The molecule has 98 valence electrons. The summed E-state index contributed by atoms with van der Waals surface area (Å²) in [6, 6.07) is 20.2. The number of H-pyrrole nitrogens is 1. The van der Waals surface area contributed by atoms with Gasteiger partial charge in [0.05, 0.1) is 5.69 Å². The van der Waals surface area contributed by atoms with Gasteiger partial charge in [-0.3, -0.25) is 0 Å². The Balaban J connectivity index is 2.18. The Labute approximate surface area is 123 Å². The molecule has 0 spiro atoms. The first-order valence-corrected chi connectivity index (χ1v) is 6.87. The quantitative estimate of drug-likeness (QED) is 0.683. The summed E-state index contributed by atoms with van der Waals surface area (Å²) in [6.07, 6.45) is 0. The number of nitrogens with one attached hydrogen (secondary N) is 1. The first-order chi connectivity index (χ1) is 9.74. The Hall–Kier alpha value is -2.26. The third-order valence-corrected chi connectivity index (χ3v) is 3.43. The van der Waals surface area contributed by atoms with E-state index >= 15 is 0 Å². The molecule has 0 radical (unpaired) electrons. The number of aryl methyl sites for hydroxylation is 1. The second-order valence-corrected chi connectivity index (χ2v) is 5.08. The van der Waals surface area contributed by atoms with E-state index in [1.54, 1.807) is 0 Å². The largest absolute Gasteiger partial charge is 0.339 e. The molecule has 0 aliphatic rings. The minimum atomic E-state index is 0.598. The van der Waals surface area contributed by atoms with Gasteiger partial charge >= 0.3 is 0 Å². The fourth-order valence-corrected chi connectivity index (χ4v) is 2.42. The van der Waals surface area contributed by atoms with Crippen molar-refractivity contribution in [3.05, 3.63) is 70.9 Å². The lowest BCUT2D eigenvalue weighted by atomic mass is 10.1. The van der Waals surface area contributed by atoms with Gasteiger partial charge in [0, 0.05) is 11.1 Å². The summed E-state index contributed by atoms with van der Waals surface area (Å²) in [5, 5.41) is 0. The molecule has 1 heterocycles. The van der Waals surface area contributed by atoms with Gasteiger partial charge in [0.1, 0.15) is 10.5 Å². The van der Waals surface area contributed by atoms with Gasteiger partial charge in [-0.1, -0.05) is 66.8 Å². The Morgan fingerprint density at radius 2 is 1.65 bits per heavy atom. The molecule has 3 heteroatoms. The molecule has 0 bridgehead atoms. The first-order valence-electron chi connectivity index (χ1n) is 6.47. The summed E-state index contributed by atoms with van der Waals surface area (Å²) < 4.78 is 0.598. The summed E-state index contributed by atoms with van der Waals surface area (Å²) >= 11 is 5.30. The second-order valence-electron chi connectivity index (χ2n) is 4.66. The molecule has 0 saturated carbocycles. The topological polar surface area (TPSA) is 28.7 Å². The van der Waals surface area contributed by atoms with Crippen LogP contribution >= 0.6 is 12.2 Å². The standard InChI is InChI=1S/C17H14N2S/c1-12-7-5-6-10-14(12)15-11-16(20)19-17(18-15)13-8-3-2-4-9-13/h2-11H,1H3,(H,18,19,20). The molecule has 0 fully saturated rings. The number of hydrogen-bond donors (Lipinski definition) is 1. The number of aromatic nitrogens is 2. The molecule has 3 rings (SSSR count). The van der Waals surface area contributed by atoms with Gasteiger partial charge in [-0.15, -0.1) is 0 Å². The number of nitrogens with zero attached hydrogens (tertiary/aromatic N) is 1. The van der Waals surface area contributed by atoms with E-state index < -0.39 is 0 Å². The van der Waals surface area contributed by atoms with Crippen LogP contribution in [0.3, 0.4) is 0 Å². The highest BCUT2D eigenvalue weighted by Crippen LogP contribution is 2.23. The molecule has 2 nitrogen and oxygen atoms in total. The van der Waals surface area contributed by atoms with Crippen molar-refractivity contribution in [2.45, 2.75) is 6.92 Å². The number of hydrogen-bond acceptors (Lipinski definition) is 2. The van der Waals surface area contributed by atoms with Crippen molar-refractivity contribution in [2.75, 3.05) is 0 Å². The van der Waals surface area contributed by atoms with E-state index in [4.69, 9.17) is 12.2 Å². The van der Waals surface area contributed by atoms with Gasteiger partial charge in [0.25, 0.3) is 0 Å². The van der Waals surface area contributed by atoms with Crippen LogP contribution in [0.2, 0.25) is 0 Å². The lowest BCUT2D eigenvalue weighted by Crippen LogP contribution is -1.94. The molecule has 0 atom stereocenters. The molecular weight excluding hydrogens is 264 g/mol. The van der Waals surface area contributed by atoms with Crippen LogP contribution in [0.1, 0.15) is 5.56 Å². The van der Waals surface area contributed by atoms with E-state index in [-0.39, 0.29) is 0 Å². The summed E-state index contributed by atoms with van der Waals surface area (Å²) in [5.41, 5.74) is 4.40. The van der Waals surface area contributed by atoms with Gasteiger partial charge < -0.3 is 4.98 Å². The van der Waals surface area contributed by atoms with Crippen LogP contribution < -0.4 is 0 Å². The van der Waals surface area contributed by atoms with Gasteiger partial charge in [-0.05, 0) is 18.6 Å². The summed E-state index contributed by atoms with van der Waals surface area (Å²) in [7, 11) is 0. The normalized spacial score (nSPS) is 10.4. The van der Waals surface area contributed by atoms with Crippen molar-refractivity contribution in [1.82, 2.24) is 9.97 Å². The fraction of sp³-hybridized carbons (Fsp3) is 0.0588. The smallest absolute Gasteiger partial charge is 0.139 e. The van der Waals surface area contributed by atoms with E-state index in [1.165, 1.54) is 5.56 Å². The van der Waals surface area contributed by atoms with Crippen LogP contribution in [-0.4, -0.2) is 9.97 Å². The monoisotopic (exact) mass is 278 g/mol. The van der Waals surface area contributed by atoms with Crippen LogP contribution in [0, 0.1) is 11.6 Å². The molecule has 0 aliphatic heterocycles. The van der Waals surface area contributed by atoms with Crippen molar-refractivity contribution in [3.63, 3.8) is 0 Å². The number of benzene rings is 2. The average Bonchev–Trinajstić information content (AvgIpc) is 2.48. The van der Waals surface area contributed by atoms with Crippen molar-refractivity contribution >= 4 is 12.2 Å². The van der Waals surface area contributed by atoms with Crippen LogP contribution in [0.15, 0.2) is 60.7 Å². The molecule has 2 aromatic carbocycles. The van der Waals surface area contributed by atoms with Crippen LogP contribution in [0.4, 0.5) is 0 Å². The lowest BCUT2D eigenvalue weighted by Gasteiger charge is -2.08. The SMILES string of the molecule is Cc1ccccc1-c1cc(=S)nc(-c2ccccc2)[nH]1. The van der Waals surface area contributed by atoms with Crippen LogP contribution in [0.5, 0.6) is 0 Å². The average molecular weight is 278 g/mol. The van der Waals surface area contributed by atoms with Gasteiger partial charge in [-0.2, -0.15) is 0 Å². The molecule has 1 aromatic heterocycles. The maximum Gasteiger partial charge on any atom is 0.139 e. The van der Waals surface area contributed by atoms with Crippen LogP contribution in [0.25, 0.3) is 22.6 Å². The summed E-state index contributed by atoms with van der Waals surface area (Å²) in [6.45, 7) is 2.09. The Morgan fingerprint density at radius 1 is 0.950 bits per heavy atom. The second kappa shape index (κ2) is 5.39. The zero-order valence-electron chi connectivity index (χ0n) is 11.1. The van der Waals surface area contributed by atoms with Crippen molar-refractivity contribution in [2.24, 2.45) is 0 Å². The predicted molar refractivity (Wildman–Crippen MR) is 85.0 cm³/mol. The Kier molecular flexibility index (Phi) is 3.44. The van der Waals surface area contributed by atoms with Crippen LogP contribution in [-0.2, 0) is 0 Å². The summed E-state index contributed by atoms with van der Waals surface area (Å²) in [4.78, 5) is 7.80. The maximum atomic E-state index is 5.30. The third kappa shape index (κ3) is 2.53. The zero-order chi connectivity index (χ0) is 13.9. The van der Waals surface area contributed by atoms with Crippen molar-refractivity contribution in [1.29, 1.82) is 0 Å². The predicted octanol–water partition coefficient (Wildman–Crippen LogP) is 4.78. The Morgan fingerprint density at radius 3 is 2.40 bits per heavy atom. The van der Waals surface area contributed by atoms with E-state index in [9.17, 15) is 0 Å². The van der Waals surface area contributed by atoms with Crippen molar-refractivity contribution < 1.29 is 0 Å². The fourth-order valence-electron chi connectivity index (χ4n) is 2.21. The van der Waals surface area contributed by atoms with Crippen molar-refractivity contribution in [3.8, 4) is 22.6 Å². The van der Waals surface area contributed by atoms with E-state index in [0.29, 0.717) is 4.64 Å². The third-order valence-electron chi connectivity index (χ3n) is 3.23. The van der Waals surface area contributed by atoms with E-state index in [1.807, 2.05) is 48.5 Å². The zero-order valence-corrected chi connectivity index (χ0v) is 11.9. The molecule has 1 N–H and O–H groups in total. The molecule has 3 aromatic rings. The molecular formula is C17H14N2S. The first kappa shape index (κ1) is 12.8.